The summed E-state index contributed by atoms with van der Waals surface area (Å²) in [6.07, 6.45) is 3.67. The van der Waals surface area contributed by atoms with Crippen molar-refractivity contribution in [3.05, 3.63) is 0 Å². The Labute approximate surface area is 92.5 Å². The van der Waals surface area contributed by atoms with Crippen LogP contribution in [0.15, 0.2) is 0 Å². The molecule has 0 saturated heterocycles. The van der Waals surface area contributed by atoms with Gasteiger partial charge in [-0.2, -0.15) is 0 Å². The average Bonchev–Trinajstić information content (AvgIpc) is 2.17. The molecule has 0 spiro atoms. The molecule has 0 aromatic heterocycles. The van der Waals surface area contributed by atoms with Gasteiger partial charge in [0.2, 0.25) is 0 Å². The van der Waals surface area contributed by atoms with Gasteiger partial charge >= 0.3 is 5.97 Å². The lowest BCUT2D eigenvalue weighted by Crippen LogP contribution is -2.53. The zero-order valence-corrected chi connectivity index (χ0v) is 10.3. The molecular weight excluding hydrogens is 190 g/mol. The molecule has 0 atom stereocenters. The smallest absolute Gasteiger partial charge is 0.324 e. The van der Waals surface area contributed by atoms with E-state index in [0.717, 1.165) is 25.7 Å². The van der Waals surface area contributed by atoms with Gasteiger partial charge in [-0.15, -0.1) is 0 Å². The minimum atomic E-state index is -0.658. The highest BCUT2D eigenvalue weighted by atomic mass is 16.4. The van der Waals surface area contributed by atoms with Crippen LogP contribution < -0.4 is 0 Å². The van der Waals surface area contributed by atoms with E-state index in [0.29, 0.717) is 11.8 Å². The molecule has 3 heteroatoms. The molecule has 1 aliphatic rings. The normalized spacial score (nSPS) is 32.3. The number of nitrogens with zero attached hydrogens (tertiary/aromatic N) is 1. The van der Waals surface area contributed by atoms with Crippen LogP contribution in [-0.4, -0.2) is 35.6 Å². The summed E-state index contributed by atoms with van der Waals surface area (Å²) in [5.74, 6) is 0.728. The molecule has 88 valence electrons. The summed E-state index contributed by atoms with van der Waals surface area (Å²) in [6, 6.07) is 0. The minimum Gasteiger partial charge on any atom is -0.480 e. The molecule has 1 rings (SSSR count). The second-order valence-corrected chi connectivity index (χ2v) is 5.31. The Morgan fingerprint density at radius 1 is 1.33 bits per heavy atom. The van der Waals surface area contributed by atoms with E-state index >= 15 is 0 Å². The molecule has 1 fully saturated rings. The maximum absolute atomic E-state index is 11.4. The monoisotopic (exact) mass is 213 g/mol. The lowest BCUT2D eigenvalue weighted by Gasteiger charge is -2.42. The summed E-state index contributed by atoms with van der Waals surface area (Å²) >= 11 is 0. The van der Waals surface area contributed by atoms with E-state index < -0.39 is 11.5 Å². The topological polar surface area (TPSA) is 40.5 Å². The molecule has 1 saturated carbocycles. The molecule has 0 aromatic rings. The summed E-state index contributed by atoms with van der Waals surface area (Å²) in [5.41, 5.74) is -0.606. The molecule has 0 radical (unpaired) electrons. The Morgan fingerprint density at radius 2 is 1.80 bits per heavy atom. The molecule has 1 N–H and O–H groups in total. The zero-order valence-electron chi connectivity index (χ0n) is 10.3. The Balaban J connectivity index is 2.70. The van der Waals surface area contributed by atoms with Crippen LogP contribution >= 0.6 is 0 Å². The molecular formula is C12H23NO2. The van der Waals surface area contributed by atoms with Crippen molar-refractivity contribution in [3.8, 4) is 0 Å². The summed E-state index contributed by atoms with van der Waals surface area (Å²) in [7, 11) is 3.76. The van der Waals surface area contributed by atoms with Crippen LogP contribution in [0.2, 0.25) is 0 Å². The summed E-state index contributed by atoms with van der Waals surface area (Å²) in [5, 5.41) is 9.34. The summed E-state index contributed by atoms with van der Waals surface area (Å²) < 4.78 is 0. The van der Waals surface area contributed by atoms with Gasteiger partial charge in [-0.05, 0) is 51.6 Å². The van der Waals surface area contributed by atoms with Crippen molar-refractivity contribution in [2.45, 2.75) is 45.1 Å². The highest BCUT2D eigenvalue weighted by Crippen LogP contribution is 2.38. The van der Waals surface area contributed by atoms with Crippen LogP contribution in [0.3, 0.4) is 0 Å². The second-order valence-electron chi connectivity index (χ2n) is 5.31. The van der Waals surface area contributed by atoms with Crippen LogP contribution in [0.4, 0.5) is 0 Å². The first-order valence-corrected chi connectivity index (χ1v) is 5.81. The molecule has 0 unspecified atom stereocenters. The third-order valence-electron chi connectivity index (χ3n) is 4.05. The highest BCUT2D eigenvalue weighted by Gasteiger charge is 2.44. The quantitative estimate of drug-likeness (QED) is 0.781. The molecule has 0 aromatic carbocycles. The Bertz CT molecular complexity index is 228. The molecule has 15 heavy (non-hydrogen) atoms. The molecule has 1 aliphatic carbocycles. The van der Waals surface area contributed by atoms with Crippen LogP contribution in [0, 0.1) is 11.8 Å². The summed E-state index contributed by atoms with van der Waals surface area (Å²) in [4.78, 5) is 13.2. The molecule has 0 bridgehead atoms. The predicted molar refractivity (Wildman–Crippen MR) is 60.8 cm³/mol. The number of rotatable bonds is 3. The van der Waals surface area contributed by atoms with Crippen LogP contribution in [0.25, 0.3) is 0 Å². The Morgan fingerprint density at radius 3 is 2.07 bits per heavy atom. The fourth-order valence-corrected chi connectivity index (χ4v) is 2.64. The van der Waals surface area contributed by atoms with E-state index in [-0.39, 0.29) is 0 Å². The number of hydrogen-bond acceptors (Lipinski definition) is 2. The Hall–Kier alpha value is -0.570. The third-order valence-corrected chi connectivity index (χ3v) is 4.05. The fraction of sp³-hybridized carbons (Fsp3) is 0.917. The van der Waals surface area contributed by atoms with Gasteiger partial charge in [0.05, 0.1) is 0 Å². The zero-order chi connectivity index (χ0) is 11.6. The van der Waals surface area contributed by atoms with Crippen molar-refractivity contribution >= 4 is 5.97 Å². The van der Waals surface area contributed by atoms with E-state index in [1.165, 1.54) is 0 Å². The number of carboxylic acids is 1. The van der Waals surface area contributed by atoms with E-state index in [2.05, 4.69) is 13.8 Å². The van der Waals surface area contributed by atoms with Crippen LogP contribution in [-0.2, 0) is 4.79 Å². The first-order chi connectivity index (χ1) is 6.90. The molecule has 3 nitrogen and oxygen atoms in total. The molecule has 0 amide bonds. The van der Waals surface area contributed by atoms with Gasteiger partial charge in [-0.1, -0.05) is 13.8 Å². The van der Waals surface area contributed by atoms with Gasteiger partial charge in [0, 0.05) is 0 Å². The Kier molecular flexibility index (Phi) is 3.77. The minimum absolute atomic E-state index is 0.606. The lowest BCUT2D eigenvalue weighted by molar-refractivity contribution is -0.153. The number of hydrogen-bond donors (Lipinski definition) is 1. The van der Waals surface area contributed by atoms with Gasteiger partial charge < -0.3 is 5.11 Å². The maximum atomic E-state index is 11.4. The SMILES string of the molecule is CC(C)C1CCC(C(=O)O)(N(C)C)CC1. The first kappa shape index (κ1) is 12.5. The van der Waals surface area contributed by atoms with Gasteiger partial charge in [0.25, 0.3) is 0 Å². The standard InChI is InChI=1S/C12H23NO2/c1-9(2)10-5-7-12(8-6-10,11(14)15)13(3)4/h9-10H,5-8H2,1-4H3,(H,14,15). The number of aliphatic carboxylic acids is 1. The largest absolute Gasteiger partial charge is 0.480 e. The average molecular weight is 213 g/mol. The molecule has 0 aliphatic heterocycles. The second kappa shape index (κ2) is 4.52. The van der Waals surface area contributed by atoms with Gasteiger partial charge in [-0.25, -0.2) is 0 Å². The fourth-order valence-electron chi connectivity index (χ4n) is 2.64. The summed E-state index contributed by atoms with van der Waals surface area (Å²) in [6.45, 7) is 4.46. The number of carboxylic acid groups (broad SMARTS) is 1. The maximum Gasteiger partial charge on any atom is 0.324 e. The van der Waals surface area contributed by atoms with Crippen molar-refractivity contribution in [1.82, 2.24) is 4.90 Å². The third kappa shape index (κ3) is 2.33. The van der Waals surface area contributed by atoms with E-state index in [9.17, 15) is 9.90 Å². The lowest BCUT2D eigenvalue weighted by atomic mass is 9.72. The van der Waals surface area contributed by atoms with Crippen molar-refractivity contribution in [2.75, 3.05) is 14.1 Å². The number of likely N-dealkylation sites (N-methyl/N-ethyl adjacent to an activating group) is 1. The van der Waals surface area contributed by atoms with E-state index in [4.69, 9.17) is 0 Å². The number of carbonyl (C=O) groups is 1. The molecule has 0 heterocycles. The van der Waals surface area contributed by atoms with Gasteiger partial charge in [0.1, 0.15) is 5.54 Å². The van der Waals surface area contributed by atoms with E-state index in [1.54, 1.807) is 0 Å². The van der Waals surface area contributed by atoms with Crippen molar-refractivity contribution in [3.63, 3.8) is 0 Å². The van der Waals surface area contributed by atoms with Gasteiger partial charge in [-0.3, -0.25) is 9.69 Å². The van der Waals surface area contributed by atoms with Crippen molar-refractivity contribution < 1.29 is 9.90 Å². The predicted octanol–water partition coefficient (Wildman–Crippen LogP) is 2.22. The van der Waals surface area contributed by atoms with Crippen molar-refractivity contribution in [2.24, 2.45) is 11.8 Å². The van der Waals surface area contributed by atoms with E-state index in [1.807, 2.05) is 19.0 Å². The van der Waals surface area contributed by atoms with Gasteiger partial charge in [0.15, 0.2) is 0 Å². The highest BCUT2D eigenvalue weighted by molar-refractivity contribution is 5.78. The first-order valence-electron chi connectivity index (χ1n) is 5.81. The van der Waals surface area contributed by atoms with Crippen molar-refractivity contribution in [1.29, 1.82) is 0 Å². The van der Waals surface area contributed by atoms with Crippen LogP contribution in [0.5, 0.6) is 0 Å². The van der Waals surface area contributed by atoms with Crippen LogP contribution in [0.1, 0.15) is 39.5 Å².